The minimum atomic E-state index is -1.08. The molecule has 2 rings (SSSR count). The van der Waals surface area contributed by atoms with Gasteiger partial charge in [-0.1, -0.05) is 12.2 Å². The molecule has 0 spiro atoms. The highest BCUT2D eigenvalue weighted by molar-refractivity contribution is 7.80. The van der Waals surface area contributed by atoms with Crippen LogP contribution in [0, 0.1) is 0 Å². The third-order valence-electron chi connectivity index (χ3n) is 1.94. The first-order valence-electron chi connectivity index (χ1n) is 3.86. The molecule has 0 saturated heterocycles. The van der Waals surface area contributed by atoms with E-state index in [2.05, 4.69) is 0 Å². The van der Waals surface area contributed by atoms with Gasteiger partial charge < -0.3 is 5.11 Å². The summed E-state index contributed by atoms with van der Waals surface area (Å²) in [6.07, 6.45) is 1.56. The Bertz CT molecular complexity index is 407. The lowest BCUT2D eigenvalue weighted by Gasteiger charge is -2.11. The summed E-state index contributed by atoms with van der Waals surface area (Å²) in [5, 5.41) is 8.56. The summed E-state index contributed by atoms with van der Waals surface area (Å²) in [7, 11) is 0. The van der Waals surface area contributed by atoms with E-state index in [0.717, 1.165) is 4.90 Å². The highest BCUT2D eigenvalue weighted by Crippen LogP contribution is 2.17. The van der Waals surface area contributed by atoms with E-state index < -0.39 is 12.0 Å². The zero-order valence-electron chi connectivity index (χ0n) is 7.01. The number of aromatic nitrogens is 1. The van der Waals surface area contributed by atoms with E-state index in [1.54, 1.807) is 18.3 Å². The molecule has 0 radical (unpaired) electrons. The van der Waals surface area contributed by atoms with Gasteiger partial charge in [0.1, 0.15) is 11.5 Å². The molecule has 1 aromatic heterocycles. The Kier molecular flexibility index (Phi) is 1.85. The van der Waals surface area contributed by atoms with Gasteiger partial charge >= 0.3 is 12.0 Å². The van der Waals surface area contributed by atoms with Crippen molar-refractivity contribution in [2.45, 2.75) is 0 Å². The highest BCUT2D eigenvalue weighted by atomic mass is 32.1. The van der Waals surface area contributed by atoms with Gasteiger partial charge in [0, 0.05) is 6.20 Å². The molecule has 0 bridgehead atoms. The van der Waals surface area contributed by atoms with Crippen LogP contribution in [0.15, 0.2) is 18.3 Å². The number of fused-ring (bicyclic) bond motifs is 1. The molecule has 0 atom stereocenters. The van der Waals surface area contributed by atoms with Crippen LogP contribution in [0.5, 0.6) is 0 Å². The molecule has 0 saturated carbocycles. The topological polar surface area (TPSA) is 62.5 Å². The van der Waals surface area contributed by atoms with Crippen LogP contribution >= 0.6 is 12.2 Å². The maximum absolute atomic E-state index is 11.5. The van der Waals surface area contributed by atoms with Crippen LogP contribution in [-0.4, -0.2) is 38.1 Å². The van der Waals surface area contributed by atoms with Crippen molar-refractivity contribution in [3.05, 3.63) is 24.0 Å². The van der Waals surface area contributed by atoms with Crippen LogP contribution in [0.1, 0.15) is 5.69 Å². The Morgan fingerprint density at radius 2 is 2.29 bits per heavy atom. The van der Waals surface area contributed by atoms with Crippen LogP contribution in [-0.2, 0) is 4.79 Å². The number of nitrogens with zero attached hydrogens (tertiary/aromatic N) is 2. The van der Waals surface area contributed by atoms with Gasteiger partial charge in [0.15, 0.2) is 0 Å². The molecule has 0 aliphatic carbocycles. The Balaban J connectivity index is 2.35. The first-order valence-corrected chi connectivity index (χ1v) is 4.27. The summed E-state index contributed by atoms with van der Waals surface area (Å²) in [4.78, 5) is 23.3. The van der Waals surface area contributed by atoms with Gasteiger partial charge in [0.2, 0.25) is 0 Å². The van der Waals surface area contributed by atoms with Crippen LogP contribution in [0.25, 0.3) is 0 Å². The molecule has 1 amide bonds. The van der Waals surface area contributed by atoms with Gasteiger partial charge in [0.25, 0.3) is 0 Å². The maximum Gasteiger partial charge on any atom is 0.334 e. The minimum absolute atomic E-state index is 0.266. The van der Waals surface area contributed by atoms with Crippen molar-refractivity contribution in [1.29, 1.82) is 0 Å². The normalized spacial score (nSPS) is 14.7. The number of carbonyl (C=O) groups excluding carboxylic acids is 1. The van der Waals surface area contributed by atoms with Crippen molar-refractivity contribution < 1.29 is 14.7 Å². The van der Waals surface area contributed by atoms with E-state index in [1.165, 1.54) is 4.57 Å². The number of carbonyl (C=O) groups is 2. The number of aliphatic carboxylic acids is 1. The lowest BCUT2D eigenvalue weighted by Crippen LogP contribution is -2.35. The van der Waals surface area contributed by atoms with Gasteiger partial charge in [-0.15, -0.1) is 0 Å². The van der Waals surface area contributed by atoms with E-state index in [-0.39, 0.29) is 11.5 Å². The van der Waals surface area contributed by atoms with Crippen LogP contribution in [0.3, 0.4) is 0 Å². The molecule has 14 heavy (non-hydrogen) atoms. The molecule has 1 aliphatic heterocycles. The number of hydrogen-bond acceptors (Lipinski definition) is 3. The fourth-order valence-electron chi connectivity index (χ4n) is 1.35. The van der Waals surface area contributed by atoms with E-state index >= 15 is 0 Å². The zero-order valence-corrected chi connectivity index (χ0v) is 7.82. The van der Waals surface area contributed by atoms with Crippen LogP contribution in [0.2, 0.25) is 0 Å². The molecule has 0 aromatic carbocycles. The van der Waals surface area contributed by atoms with Gasteiger partial charge in [-0.2, -0.15) is 0 Å². The monoisotopic (exact) mass is 210 g/mol. The smallest absolute Gasteiger partial charge is 0.334 e. The molecule has 2 heterocycles. The number of carboxylic acids is 1. The fourth-order valence-corrected chi connectivity index (χ4v) is 1.66. The van der Waals surface area contributed by atoms with Crippen molar-refractivity contribution >= 4 is 29.2 Å². The molecule has 5 nitrogen and oxygen atoms in total. The zero-order chi connectivity index (χ0) is 10.3. The van der Waals surface area contributed by atoms with Crippen LogP contribution in [0.4, 0.5) is 4.79 Å². The molecule has 0 unspecified atom stereocenters. The molecule has 1 aromatic rings. The van der Waals surface area contributed by atoms with Crippen LogP contribution < -0.4 is 0 Å². The average Bonchev–Trinajstić information content (AvgIpc) is 2.65. The Hall–Kier alpha value is -1.69. The van der Waals surface area contributed by atoms with Crippen molar-refractivity contribution in [3.63, 3.8) is 0 Å². The maximum atomic E-state index is 11.5. The first-order chi connectivity index (χ1) is 6.61. The van der Waals surface area contributed by atoms with E-state index in [1.807, 2.05) is 0 Å². The third kappa shape index (κ3) is 1.12. The van der Waals surface area contributed by atoms with E-state index in [0.29, 0.717) is 5.69 Å². The summed E-state index contributed by atoms with van der Waals surface area (Å²) < 4.78 is 1.34. The fraction of sp³-hybridized carbons (Fsp3) is 0.125. The van der Waals surface area contributed by atoms with Crippen molar-refractivity contribution in [1.82, 2.24) is 9.47 Å². The predicted molar refractivity (Wildman–Crippen MR) is 51.3 cm³/mol. The minimum Gasteiger partial charge on any atom is -0.480 e. The standard InChI is InChI=1S/C8H6N2O3S/c11-6(12)4-10-7(14)5-2-1-3-9(5)8(10)13/h1-3H,4H2,(H,11,12). The molecule has 0 fully saturated rings. The van der Waals surface area contributed by atoms with Gasteiger partial charge in [-0.25, -0.2) is 4.79 Å². The summed E-state index contributed by atoms with van der Waals surface area (Å²) in [5.74, 6) is -1.08. The van der Waals surface area contributed by atoms with Crippen molar-refractivity contribution in [2.24, 2.45) is 0 Å². The number of carboxylic acid groups (broad SMARTS) is 1. The van der Waals surface area contributed by atoms with Crippen molar-refractivity contribution in [3.8, 4) is 0 Å². The summed E-state index contributed by atoms with van der Waals surface area (Å²) in [5.41, 5.74) is 0.575. The Morgan fingerprint density at radius 1 is 1.57 bits per heavy atom. The van der Waals surface area contributed by atoms with E-state index in [4.69, 9.17) is 17.3 Å². The summed E-state index contributed by atoms with van der Waals surface area (Å²) in [6, 6.07) is 2.97. The van der Waals surface area contributed by atoms with Crippen molar-refractivity contribution in [2.75, 3.05) is 6.54 Å². The Labute approximate surface area is 84.5 Å². The number of hydrogen-bond donors (Lipinski definition) is 1. The predicted octanol–water partition coefficient (Wildman–Crippen LogP) is 0.532. The molecular formula is C8H6N2O3S. The average molecular weight is 210 g/mol. The first kappa shape index (κ1) is 8.89. The van der Waals surface area contributed by atoms with Gasteiger partial charge in [-0.05, 0) is 12.1 Å². The number of amides is 1. The highest BCUT2D eigenvalue weighted by Gasteiger charge is 2.32. The quantitative estimate of drug-likeness (QED) is 0.723. The second kappa shape index (κ2) is 2.91. The van der Waals surface area contributed by atoms with Gasteiger partial charge in [0.05, 0.1) is 5.69 Å². The lowest BCUT2D eigenvalue weighted by molar-refractivity contribution is -0.136. The summed E-state index contributed by atoms with van der Waals surface area (Å²) >= 11 is 4.97. The molecule has 6 heteroatoms. The third-order valence-corrected chi connectivity index (χ3v) is 2.37. The second-order valence-electron chi connectivity index (χ2n) is 2.83. The van der Waals surface area contributed by atoms with Gasteiger partial charge in [-0.3, -0.25) is 14.3 Å². The number of rotatable bonds is 2. The molecule has 72 valence electrons. The molecular weight excluding hydrogens is 204 g/mol. The largest absolute Gasteiger partial charge is 0.480 e. The molecule has 1 aliphatic rings. The van der Waals surface area contributed by atoms with E-state index in [9.17, 15) is 9.59 Å². The molecule has 1 N–H and O–H groups in total. The number of thiocarbonyl (C=S) groups is 1. The Morgan fingerprint density at radius 3 is 2.86 bits per heavy atom. The summed E-state index contributed by atoms with van der Waals surface area (Å²) in [6.45, 7) is -0.390. The SMILES string of the molecule is O=C(O)CN1C(=O)n2cccc2C1=S. The second-order valence-corrected chi connectivity index (χ2v) is 3.22. The lowest BCUT2D eigenvalue weighted by atomic mass is 10.4.